The number of rotatable bonds is 8. The first-order valence-electron chi connectivity index (χ1n) is 10.0. The Balaban J connectivity index is 1.15. The first kappa shape index (κ1) is 18.2. The Kier molecular flexibility index (Phi) is 5.04. The van der Waals surface area contributed by atoms with E-state index >= 15 is 0 Å². The average molecular weight is 398 g/mol. The van der Waals surface area contributed by atoms with Crippen LogP contribution in [-0.4, -0.2) is 32.3 Å². The van der Waals surface area contributed by atoms with E-state index in [9.17, 15) is 0 Å². The molecule has 6 nitrogen and oxygen atoms in total. The van der Waals surface area contributed by atoms with Gasteiger partial charge >= 0.3 is 0 Å². The lowest BCUT2D eigenvalue weighted by Crippen LogP contribution is -2.08. The molecule has 150 valence electrons. The van der Waals surface area contributed by atoms with Gasteiger partial charge in [-0.3, -0.25) is 0 Å². The van der Waals surface area contributed by atoms with E-state index in [1.165, 1.54) is 0 Å². The summed E-state index contributed by atoms with van der Waals surface area (Å²) in [5, 5.41) is 0. The molecule has 6 heteroatoms. The summed E-state index contributed by atoms with van der Waals surface area (Å²) in [5.41, 5.74) is 4.23. The largest absolute Gasteiger partial charge is 0.492 e. The van der Waals surface area contributed by atoms with Crippen LogP contribution < -0.4 is 9.47 Å². The zero-order valence-corrected chi connectivity index (χ0v) is 16.5. The van der Waals surface area contributed by atoms with Crippen LogP contribution in [0.5, 0.6) is 11.5 Å². The molecule has 30 heavy (non-hydrogen) atoms. The second-order valence-electron chi connectivity index (χ2n) is 7.03. The summed E-state index contributed by atoms with van der Waals surface area (Å²) < 4.78 is 16.1. The number of fused-ring (bicyclic) bond motifs is 2. The normalized spacial score (nSPS) is 11.2. The van der Waals surface area contributed by atoms with Crippen molar-refractivity contribution < 1.29 is 9.47 Å². The number of imidazole rings is 2. The molecule has 3 aromatic carbocycles. The van der Waals surface area contributed by atoms with Gasteiger partial charge in [0.2, 0.25) is 0 Å². The smallest absolute Gasteiger partial charge is 0.123 e. The molecule has 5 aromatic rings. The fourth-order valence-electron chi connectivity index (χ4n) is 3.55. The van der Waals surface area contributed by atoms with E-state index in [0.717, 1.165) is 46.7 Å². The maximum atomic E-state index is 5.93. The highest BCUT2D eigenvalue weighted by molar-refractivity contribution is 5.75. The van der Waals surface area contributed by atoms with Crippen LogP contribution in [0.25, 0.3) is 22.1 Å². The molecule has 0 saturated carbocycles. The average Bonchev–Trinajstić information content (AvgIpc) is 3.39. The van der Waals surface area contributed by atoms with Crippen LogP contribution in [0, 0.1) is 0 Å². The summed E-state index contributed by atoms with van der Waals surface area (Å²) in [4.78, 5) is 8.83. The van der Waals surface area contributed by atoms with Crippen molar-refractivity contribution in [3.8, 4) is 11.5 Å². The molecule has 2 aromatic heterocycles. The summed E-state index contributed by atoms with van der Waals surface area (Å²) >= 11 is 0. The molecule has 5 rings (SSSR count). The lowest BCUT2D eigenvalue weighted by Gasteiger charge is -2.11. The number of para-hydroxylation sites is 4. The Bertz CT molecular complexity index is 1180. The summed E-state index contributed by atoms with van der Waals surface area (Å²) in [6.45, 7) is 2.59. The van der Waals surface area contributed by atoms with Crippen LogP contribution in [0.1, 0.15) is 0 Å². The van der Waals surface area contributed by atoms with Gasteiger partial charge in [-0.1, -0.05) is 30.3 Å². The van der Waals surface area contributed by atoms with E-state index in [-0.39, 0.29) is 0 Å². The van der Waals surface area contributed by atoms with Gasteiger partial charge in [0, 0.05) is 6.07 Å². The molecular weight excluding hydrogens is 376 g/mol. The standard InChI is InChI=1S/C24H22N4O2/c1-3-10-23-21(8-1)25-17-27(23)12-14-29-19-6-5-7-20(16-19)30-15-13-28-18-26-22-9-2-4-11-24(22)28/h1-11,16-18H,12-15H2. The predicted molar refractivity (Wildman–Crippen MR) is 117 cm³/mol. The van der Waals surface area contributed by atoms with Gasteiger partial charge < -0.3 is 18.6 Å². The minimum Gasteiger partial charge on any atom is -0.492 e. The SMILES string of the molecule is c1cc(OCCn2cnc3ccccc32)cc(OCCn2cnc3ccccc32)c1. The maximum absolute atomic E-state index is 5.93. The van der Waals surface area contributed by atoms with E-state index in [4.69, 9.17) is 9.47 Å². The molecule has 0 amide bonds. The lowest BCUT2D eigenvalue weighted by atomic mass is 10.3. The third kappa shape index (κ3) is 3.85. The number of hydrogen-bond acceptors (Lipinski definition) is 4. The summed E-state index contributed by atoms with van der Waals surface area (Å²) in [6, 6.07) is 24.0. The second-order valence-corrected chi connectivity index (χ2v) is 7.03. The fourth-order valence-corrected chi connectivity index (χ4v) is 3.55. The highest BCUT2D eigenvalue weighted by atomic mass is 16.5. The van der Waals surface area contributed by atoms with Crippen molar-refractivity contribution in [1.82, 2.24) is 19.1 Å². The summed E-state index contributed by atoms with van der Waals surface area (Å²) in [7, 11) is 0. The van der Waals surface area contributed by atoms with E-state index < -0.39 is 0 Å². The van der Waals surface area contributed by atoms with Gasteiger partial charge in [-0.05, 0) is 36.4 Å². The quantitative estimate of drug-likeness (QED) is 0.385. The molecule has 0 radical (unpaired) electrons. The zero-order valence-electron chi connectivity index (χ0n) is 16.5. The summed E-state index contributed by atoms with van der Waals surface area (Å²) in [6.07, 6.45) is 3.71. The molecule has 0 spiro atoms. The van der Waals surface area contributed by atoms with Gasteiger partial charge in [0.1, 0.15) is 24.7 Å². The van der Waals surface area contributed by atoms with Gasteiger partial charge in [0.25, 0.3) is 0 Å². The predicted octanol–water partition coefficient (Wildman–Crippen LogP) is 4.54. The number of hydrogen-bond donors (Lipinski definition) is 0. The number of benzene rings is 3. The van der Waals surface area contributed by atoms with Crippen LogP contribution >= 0.6 is 0 Å². The minimum absolute atomic E-state index is 0.560. The Morgan fingerprint density at radius 3 is 1.63 bits per heavy atom. The maximum Gasteiger partial charge on any atom is 0.123 e. The van der Waals surface area contributed by atoms with Crippen molar-refractivity contribution in [2.75, 3.05) is 13.2 Å². The van der Waals surface area contributed by atoms with Gasteiger partial charge in [0.05, 0.1) is 47.8 Å². The molecule has 0 saturated heterocycles. The third-order valence-corrected chi connectivity index (χ3v) is 5.06. The van der Waals surface area contributed by atoms with Crippen LogP contribution in [0.4, 0.5) is 0 Å². The molecule has 2 heterocycles. The van der Waals surface area contributed by atoms with E-state index in [1.54, 1.807) is 0 Å². The zero-order chi connectivity index (χ0) is 20.2. The van der Waals surface area contributed by atoms with Crippen molar-refractivity contribution in [2.24, 2.45) is 0 Å². The van der Waals surface area contributed by atoms with Crippen LogP contribution in [0.3, 0.4) is 0 Å². The molecule has 0 aliphatic rings. The summed E-state index contributed by atoms with van der Waals surface area (Å²) in [5.74, 6) is 1.59. The Labute approximate surface area is 174 Å². The van der Waals surface area contributed by atoms with Gasteiger partial charge in [-0.25, -0.2) is 9.97 Å². The highest BCUT2D eigenvalue weighted by Gasteiger charge is 2.04. The Morgan fingerprint density at radius 1 is 0.600 bits per heavy atom. The number of nitrogens with zero attached hydrogens (tertiary/aromatic N) is 4. The van der Waals surface area contributed by atoms with Crippen molar-refractivity contribution >= 4 is 22.1 Å². The van der Waals surface area contributed by atoms with Crippen molar-refractivity contribution in [3.05, 3.63) is 85.5 Å². The molecule has 0 aliphatic carbocycles. The van der Waals surface area contributed by atoms with E-state index in [1.807, 2.05) is 73.3 Å². The molecule has 0 unspecified atom stereocenters. The first-order valence-corrected chi connectivity index (χ1v) is 10.0. The fraction of sp³-hybridized carbons (Fsp3) is 0.167. The molecule has 0 bridgehead atoms. The second kappa shape index (κ2) is 8.29. The number of ether oxygens (including phenoxy) is 2. The van der Waals surface area contributed by atoms with Gasteiger partial charge in [-0.15, -0.1) is 0 Å². The molecule has 0 fully saturated rings. The Hall–Kier alpha value is -3.80. The van der Waals surface area contributed by atoms with Crippen molar-refractivity contribution in [1.29, 1.82) is 0 Å². The number of aromatic nitrogens is 4. The Morgan fingerprint density at radius 2 is 1.10 bits per heavy atom. The molecule has 0 atom stereocenters. The van der Waals surface area contributed by atoms with Crippen molar-refractivity contribution in [2.45, 2.75) is 13.1 Å². The van der Waals surface area contributed by atoms with Crippen LogP contribution in [0.2, 0.25) is 0 Å². The first-order chi connectivity index (χ1) is 14.9. The van der Waals surface area contributed by atoms with Gasteiger partial charge in [0.15, 0.2) is 0 Å². The third-order valence-electron chi connectivity index (χ3n) is 5.06. The van der Waals surface area contributed by atoms with E-state index in [0.29, 0.717) is 13.2 Å². The molecular formula is C24H22N4O2. The lowest BCUT2D eigenvalue weighted by molar-refractivity contribution is 0.285. The topological polar surface area (TPSA) is 54.1 Å². The van der Waals surface area contributed by atoms with Crippen molar-refractivity contribution in [3.63, 3.8) is 0 Å². The molecule has 0 aliphatic heterocycles. The van der Waals surface area contributed by atoms with Gasteiger partial charge in [-0.2, -0.15) is 0 Å². The minimum atomic E-state index is 0.560. The van der Waals surface area contributed by atoms with E-state index in [2.05, 4.69) is 31.2 Å². The molecule has 0 N–H and O–H groups in total. The van der Waals surface area contributed by atoms with Crippen LogP contribution in [-0.2, 0) is 13.1 Å². The van der Waals surface area contributed by atoms with Crippen LogP contribution in [0.15, 0.2) is 85.5 Å². The highest BCUT2D eigenvalue weighted by Crippen LogP contribution is 2.20. The monoisotopic (exact) mass is 398 g/mol.